The Morgan fingerprint density at radius 3 is 2.24 bits per heavy atom. The third kappa shape index (κ3) is 6.42. The molecule has 1 aromatic carbocycles. The average Bonchev–Trinajstić information content (AvgIpc) is 2.38. The SMILES string of the molecule is CCCCCCCCSc1ccccc1SC. The summed E-state index contributed by atoms with van der Waals surface area (Å²) in [6, 6.07) is 8.73. The van der Waals surface area contributed by atoms with Gasteiger partial charge in [-0.3, -0.25) is 0 Å². The molecule has 1 rings (SSSR count). The average molecular weight is 268 g/mol. The Kier molecular flexibility index (Phi) is 8.72. The van der Waals surface area contributed by atoms with Crippen LogP contribution < -0.4 is 0 Å². The molecule has 0 N–H and O–H groups in total. The van der Waals surface area contributed by atoms with Gasteiger partial charge in [0.15, 0.2) is 0 Å². The normalized spacial score (nSPS) is 10.7. The Balaban J connectivity index is 2.13. The molecule has 0 fully saturated rings. The maximum atomic E-state index is 2.27. The van der Waals surface area contributed by atoms with Crippen molar-refractivity contribution in [3.8, 4) is 0 Å². The highest BCUT2D eigenvalue weighted by molar-refractivity contribution is 8.02. The molecule has 0 aliphatic heterocycles. The molecule has 17 heavy (non-hydrogen) atoms. The van der Waals surface area contributed by atoms with E-state index in [0.717, 1.165) is 0 Å². The molecule has 96 valence electrons. The Bertz CT molecular complexity index is 297. The molecule has 0 aromatic heterocycles. The van der Waals surface area contributed by atoms with E-state index < -0.39 is 0 Å². The Morgan fingerprint density at radius 1 is 0.882 bits per heavy atom. The molecule has 0 aliphatic rings. The second-order valence-corrected chi connectivity index (χ2v) is 6.25. The predicted octanol–water partition coefficient (Wildman–Crippen LogP) is 5.86. The van der Waals surface area contributed by atoms with Gasteiger partial charge in [0.2, 0.25) is 0 Å². The highest BCUT2D eigenvalue weighted by atomic mass is 32.2. The van der Waals surface area contributed by atoms with Crippen molar-refractivity contribution in [2.45, 2.75) is 55.2 Å². The zero-order chi connectivity index (χ0) is 12.3. The number of rotatable bonds is 9. The zero-order valence-electron chi connectivity index (χ0n) is 11.1. The van der Waals surface area contributed by atoms with Crippen molar-refractivity contribution in [3.05, 3.63) is 24.3 Å². The first-order valence-corrected chi connectivity index (χ1v) is 8.85. The number of unbranched alkanes of at least 4 members (excludes halogenated alkanes) is 5. The van der Waals surface area contributed by atoms with E-state index in [-0.39, 0.29) is 0 Å². The van der Waals surface area contributed by atoms with Gasteiger partial charge < -0.3 is 0 Å². The van der Waals surface area contributed by atoms with Crippen LogP contribution in [0.3, 0.4) is 0 Å². The molecule has 0 amide bonds. The number of hydrogen-bond donors (Lipinski definition) is 0. The van der Waals surface area contributed by atoms with Crippen LogP contribution in [0.5, 0.6) is 0 Å². The highest BCUT2D eigenvalue weighted by Gasteiger charge is 2.00. The van der Waals surface area contributed by atoms with Crippen molar-refractivity contribution in [3.63, 3.8) is 0 Å². The molecule has 0 atom stereocenters. The molecule has 0 saturated heterocycles. The second-order valence-electron chi connectivity index (χ2n) is 4.27. The van der Waals surface area contributed by atoms with E-state index in [1.54, 1.807) is 0 Å². The summed E-state index contributed by atoms with van der Waals surface area (Å²) in [7, 11) is 0. The fourth-order valence-corrected chi connectivity index (χ4v) is 3.67. The van der Waals surface area contributed by atoms with E-state index in [9.17, 15) is 0 Å². The topological polar surface area (TPSA) is 0 Å². The molecule has 1 aromatic rings. The first kappa shape index (κ1) is 15.0. The lowest BCUT2D eigenvalue weighted by atomic mass is 10.1. The summed E-state index contributed by atoms with van der Waals surface area (Å²) in [4.78, 5) is 2.87. The Labute approximate surface area is 115 Å². The lowest BCUT2D eigenvalue weighted by Crippen LogP contribution is -1.84. The molecule has 0 nitrogen and oxygen atoms in total. The van der Waals surface area contributed by atoms with Crippen LogP contribution in [0, 0.1) is 0 Å². The lowest BCUT2D eigenvalue weighted by molar-refractivity contribution is 0.627. The second kappa shape index (κ2) is 9.90. The van der Waals surface area contributed by atoms with E-state index in [0.29, 0.717) is 0 Å². The predicted molar refractivity (Wildman–Crippen MR) is 82.3 cm³/mol. The van der Waals surface area contributed by atoms with Crippen molar-refractivity contribution in [2.75, 3.05) is 12.0 Å². The first-order chi connectivity index (χ1) is 8.38. The van der Waals surface area contributed by atoms with Crippen LogP contribution >= 0.6 is 23.5 Å². The summed E-state index contributed by atoms with van der Waals surface area (Å²) >= 11 is 3.86. The Morgan fingerprint density at radius 2 is 1.53 bits per heavy atom. The minimum atomic E-state index is 1.27. The van der Waals surface area contributed by atoms with E-state index in [1.807, 2.05) is 23.5 Å². The molecular weight excluding hydrogens is 244 g/mol. The maximum Gasteiger partial charge on any atom is 0.0208 e. The van der Waals surface area contributed by atoms with Crippen LogP contribution in [0.15, 0.2) is 34.1 Å². The van der Waals surface area contributed by atoms with Crippen LogP contribution in [-0.4, -0.2) is 12.0 Å². The van der Waals surface area contributed by atoms with Crippen LogP contribution in [0.4, 0.5) is 0 Å². The van der Waals surface area contributed by atoms with Crippen molar-refractivity contribution in [1.29, 1.82) is 0 Å². The van der Waals surface area contributed by atoms with E-state index >= 15 is 0 Å². The summed E-state index contributed by atoms with van der Waals surface area (Å²) < 4.78 is 0. The summed E-state index contributed by atoms with van der Waals surface area (Å²) in [5.74, 6) is 1.27. The minimum absolute atomic E-state index is 1.27. The third-order valence-electron chi connectivity index (χ3n) is 2.82. The summed E-state index contributed by atoms with van der Waals surface area (Å²) in [6.45, 7) is 2.27. The van der Waals surface area contributed by atoms with Gasteiger partial charge in [-0.25, -0.2) is 0 Å². The van der Waals surface area contributed by atoms with Gasteiger partial charge in [0.05, 0.1) is 0 Å². The van der Waals surface area contributed by atoms with E-state index in [2.05, 4.69) is 37.4 Å². The van der Waals surface area contributed by atoms with Crippen molar-refractivity contribution in [2.24, 2.45) is 0 Å². The van der Waals surface area contributed by atoms with E-state index in [4.69, 9.17) is 0 Å². The zero-order valence-corrected chi connectivity index (χ0v) is 12.7. The molecule has 0 bridgehead atoms. The maximum absolute atomic E-state index is 2.27. The van der Waals surface area contributed by atoms with Crippen LogP contribution in [0.25, 0.3) is 0 Å². The summed E-state index contributed by atoms with van der Waals surface area (Å²) in [5, 5.41) is 0. The number of thioether (sulfide) groups is 2. The van der Waals surface area contributed by atoms with Gasteiger partial charge in [-0.2, -0.15) is 0 Å². The van der Waals surface area contributed by atoms with Crippen LogP contribution in [-0.2, 0) is 0 Å². The molecule has 0 heterocycles. The van der Waals surface area contributed by atoms with E-state index in [1.165, 1.54) is 54.1 Å². The molecule has 0 unspecified atom stereocenters. The molecule has 0 spiro atoms. The number of benzene rings is 1. The fraction of sp³-hybridized carbons (Fsp3) is 0.600. The lowest BCUT2D eigenvalue weighted by Gasteiger charge is -2.06. The monoisotopic (exact) mass is 268 g/mol. The highest BCUT2D eigenvalue weighted by Crippen LogP contribution is 2.29. The van der Waals surface area contributed by atoms with Crippen LogP contribution in [0.1, 0.15) is 45.4 Å². The standard InChI is InChI=1S/C15H24S2/c1-3-4-5-6-7-10-13-17-15-12-9-8-11-14(15)16-2/h8-9,11-12H,3-7,10,13H2,1-2H3. The van der Waals surface area contributed by atoms with Gasteiger partial charge in [-0.15, -0.1) is 23.5 Å². The number of hydrogen-bond acceptors (Lipinski definition) is 2. The van der Waals surface area contributed by atoms with Gasteiger partial charge in [0.25, 0.3) is 0 Å². The smallest absolute Gasteiger partial charge is 0.0208 e. The third-order valence-corrected chi connectivity index (χ3v) is 4.91. The summed E-state index contributed by atoms with van der Waals surface area (Å²) in [5.41, 5.74) is 0. The summed E-state index contributed by atoms with van der Waals surface area (Å²) in [6.07, 6.45) is 10.5. The first-order valence-electron chi connectivity index (χ1n) is 6.64. The largest absolute Gasteiger partial charge is 0.128 e. The Hall–Kier alpha value is -0.0800. The van der Waals surface area contributed by atoms with Gasteiger partial charge >= 0.3 is 0 Å². The molecule has 0 saturated carbocycles. The molecule has 2 heteroatoms. The van der Waals surface area contributed by atoms with Gasteiger partial charge in [-0.1, -0.05) is 51.2 Å². The minimum Gasteiger partial charge on any atom is -0.128 e. The van der Waals surface area contributed by atoms with Gasteiger partial charge in [0.1, 0.15) is 0 Å². The van der Waals surface area contributed by atoms with Crippen molar-refractivity contribution >= 4 is 23.5 Å². The molecule has 0 radical (unpaired) electrons. The molecular formula is C15H24S2. The van der Waals surface area contributed by atoms with Crippen molar-refractivity contribution < 1.29 is 0 Å². The van der Waals surface area contributed by atoms with Gasteiger partial charge in [0, 0.05) is 9.79 Å². The fourth-order valence-electron chi connectivity index (χ4n) is 1.80. The quantitative estimate of drug-likeness (QED) is 0.406. The van der Waals surface area contributed by atoms with Gasteiger partial charge in [-0.05, 0) is 30.6 Å². The molecule has 0 aliphatic carbocycles. The van der Waals surface area contributed by atoms with Crippen molar-refractivity contribution in [1.82, 2.24) is 0 Å². The van der Waals surface area contributed by atoms with Crippen LogP contribution in [0.2, 0.25) is 0 Å².